The largest absolute Gasteiger partial charge is 0.490 e. The highest BCUT2D eigenvalue weighted by Crippen LogP contribution is 2.20. The van der Waals surface area contributed by atoms with Gasteiger partial charge in [0, 0.05) is 49.5 Å². The number of hydrogen-bond acceptors (Lipinski definition) is 5. The third-order valence-corrected chi connectivity index (χ3v) is 5.23. The minimum absolute atomic E-state index is 0.00251. The van der Waals surface area contributed by atoms with E-state index >= 15 is 0 Å². The molecule has 3 aromatic rings. The Morgan fingerprint density at radius 1 is 1.34 bits per heavy atom. The van der Waals surface area contributed by atoms with Crippen molar-refractivity contribution in [3.8, 4) is 11.8 Å². The fourth-order valence-electron chi connectivity index (χ4n) is 3.63. The van der Waals surface area contributed by atoms with Crippen molar-refractivity contribution in [2.24, 2.45) is 0 Å². The zero-order chi connectivity index (χ0) is 20.4. The highest BCUT2D eigenvalue weighted by atomic mass is 16.5. The summed E-state index contributed by atoms with van der Waals surface area (Å²) in [6, 6.07) is 10.9. The van der Waals surface area contributed by atoms with Gasteiger partial charge in [0.1, 0.15) is 11.9 Å². The lowest BCUT2D eigenvalue weighted by Gasteiger charge is -2.32. The second-order valence-electron chi connectivity index (χ2n) is 7.15. The molecule has 1 aliphatic heterocycles. The summed E-state index contributed by atoms with van der Waals surface area (Å²) in [7, 11) is 0. The summed E-state index contributed by atoms with van der Waals surface area (Å²) in [6.07, 6.45) is 3.08. The van der Waals surface area contributed by atoms with Crippen LogP contribution in [0.15, 0.2) is 41.3 Å². The maximum Gasteiger partial charge on any atom is 0.276 e. The molecule has 1 aliphatic rings. The number of likely N-dealkylation sites (tertiary alicyclic amines) is 1. The van der Waals surface area contributed by atoms with Gasteiger partial charge in [-0.05, 0) is 25.1 Å². The monoisotopic (exact) mass is 391 g/mol. The third kappa shape index (κ3) is 3.85. The molecule has 1 fully saturated rings. The number of nitrogens with one attached hydrogen (secondary N) is 1. The number of aromatic nitrogens is 3. The SMILES string of the molecule is Cc1nc2cc[nH]n2c(=O)c1CC(=O)N1CCC(Oc2cccc(C#N)c2)CC1. The van der Waals surface area contributed by atoms with Crippen molar-refractivity contribution < 1.29 is 9.53 Å². The summed E-state index contributed by atoms with van der Waals surface area (Å²) < 4.78 is 7.32. The van der Waals surface area contributed by atoms with Crippen LogP contribution in [0.3, 0.4) is 0 Å². The van der Waals surface area contributed by atoms with Gasteiger partial charge in [-0.1, -0.05) is 6.07 Å². The van der Waals surface area contributed by atoms with E-state index in [1.165, 1.54) is 4.52 Å². The van der Waals surface area contributed by atoms with Crippen LogP contribution in [-0.4, -0.2) is 44.6 Å². The lowest BCUT2D eigenvalue weighted by Crippen LogP contribution is -2.43. The summed E-state index contributed by atoms with van der Waals surface area (Å²) in [5, 5.41) is 11.8. The molecule has 8 nitrogen and oxygen atoms in total. The number of H-pyrrole nitrogens is 1. The third-order valence-electron chi connectivity index (χ3n) is 5.23. The second-order valence-corrected chi connectivity index (χ2v) is 7.15. The van der Waals surface area contributed by atoms with Crippen LogP contribution >= 0.6 is 0 Å². The number of hydrogen-bond donors (Lipinski definition) is 1. The van der Waals surface area contributed by atoms with E-state index in [2.05, 4.69) is 16.2 Å². The van der Waals surface area contributed by atoms with Crippen LogP contribution in [0, 0.1) is 18.3 Å². The van der Waals surface area contributed by atoms with Gasteiger partial charge in [-0.3, -0.25) is 14.7 Å². The number of aryl methyl sites for hydroxylation is 1. The molecule has 0 unspecified atom stereocenters. The van der Waals surface area contributed by atoms with E-state index < -0.39 is 0 Å². The number of piperidine rings is 1. The van der Waals surface area contributed by atoms with Gasteiger partial charge < -0.3 is 9.64 Å². The number of nitrogens with zero attached hydrogens (tertiary/aromatic N) is 4. The van der Waals surface area contributed by atoms with E-state index in [1.807, 2.05) is 6.07 Å². The van der Waals surface area contributed by atoms with Crippen LogP contribution < -0.4 is 10.3 Å². The molecule has 1 N–H and O–H groups in total. The Hall–Kier alpha value is -3.60. The van der Waals surface area contributed by atoms with E-state index in [0.717, 1.165) is 0 Å². The van der Waals surface area contributed by atoms with E-state index in [9.17, 15) is 9.59 Å². The minimum atomic E-state index is -0.235. The smallest absolute Gasteiger partial charge is 0.276 e. The average molecular weight is 391 g/mol. The highest BCUT2D eigenvalue weighted by Gasteiger charge is 2.25. The summed E-state index contributed by atoms with van der Waals surface area (Å²) in [4.78, 5) is 31.5. The van der Waals surface area contributed by atoms with Crippen molar-refractivity contribution in [2.45, 2.75) is 32.3 Å². The Kier molecular flexibility index (Phi) is 5.04. The Morgan fingerprint density at radius 2 is 2.14 bits per heavy atom. The molecular formula is C21H21N5O3. The van der Waals surface area contributed by atoms with Gasteiger partial charge in [-0.2, -0.15) is 5.26 Å². The van der Waals surface area contributed by atoms with Gasteiger partial charge in [-0.25, -0.2) is 9.50 Å². The zero-order valence-electron chi connectivity index (χ0n) is 16.1. The fraction of sp³-hybridized carbons (Fsp3) is 0.333. The maximum atomic E-state index is 12.8. The van der Waals surface area contributed by atoms with Gasteiger partial charge in [0.05, 0.1) is 18.1 Å². The molecule has 1 amide bonds. The average Bonchev–Trinajstić information content (AvgIpc) is 3.20. The first-order valence-corrected chi connectivity index (χ1v) is 9.55. The van der Waals surface area contributed by atoms with Gasteiger partial charge in [0.15, 0.2) is 5.65 Å². The fourth-order valence-corrected chi connectivity index (χ4v) is 3.63. The molecule has 2 aromatic heterocycles. The standard InChI is InChI=1S/C21H21N5O3/c1-14-18(21(28)26-19(24-14)5-8-23-26)12-20(27)25-9-6-16(7-10-25)29-17-4-2-3-15(11-17)13-22/h2-5,8,11,16,23H,6-7,9-10,12H2,1H3. The highest BCUT2D eigenvalue weighted by molar-refractivity contribution is 5.79. The predicted molar refractivity (Wildman–Crippen MR) is 106 cm³/mol. The van der Waals surface area contributed by atoms with E-state index in [1.54, 1.807) is 42.3 Å². The number of aromatic amines is 1. The first kappa shape index (κ1) is 18.7. The Labute approximate surface area is 167 Å². The van der Waals surface area contributed by atoms with Crippen molar-refractivity contribution in [3.63, 3.8) is 0 Å². The molecular weight excluding hydrogens is 370 g/mol. The Bertz CT molecular complexity index is 1150. The van der Waals surface area contributed by atoms with Crippen LogP contribution in [0.5, 0.6) is 5.75 Å². The number of ether oxygens (including phenoxy) is 1. The zero-order valence-corrected chi connectivity index (χ0v) is 16.1. The molecule has 0 radical (unpaired) electrons. The van der Waals surface area contributed by atoms with E-state index in [0.29, 0.717) is 54.1 Å². The predicted octanol–water partition coefficient (Wildman–Crippen LogP) is 1.82. The summed E-state index contributed by atoms with van der Waals surface area (Å²) >= 11 is 0. The molecule has 3 heterocycles. The number of fused-ring (bicyclic) bond motifs is 1. The number of carbonyl (C=O) groups excluding carboxylic acids is 1. The molecule has 0 atom stereocenters. The number of amides is 1. The topological polar surface area (TPSA) is 103 Å². The molecule has 1 saturated heterocycles. The van der Waals surface area contributed by atoms with Crippen LogP contribution in [0.1, 0.15) is 29.7 Å². The van der Waals surface area contributed by atoms with Crippen molar-refractivity contribution >= 4 is 11.6 Å². The Balaban J connectivity index is 1.38. The molecule has 8 heteroatoms. The van der Waals surface area contributed by atoms with Crippen molar-refractivity contribution in [2.75, 3.05) is 13.1 Å². The lowest BCUT2D eigenvalue weighted by molar-refractivity contribution is -0.132. The van der Waals surface area contributed by atoms with Crippen molar-refractivity contribution in [3.05, 3.63) is 63.7 Å². The van der Waals surface area contributed by atoms with Gasteiger partial charge in [0.25, 0.3) is 5.56 Å². The number of rotatable bonds is 4. The quantitative estimate of drug-likeness (QED) is 0.731. The summed E-state index contributed by atoms with van der Waals surface area (Å²) in [5.41, 5.74) is 1.87. The Morgan fingerprint density at radius 3 is 2.90 bits per heavy atom. The van der Waals surface area contributed by atoms with Crippen LogP contribution in [0.25, 0.3) is 5.65 Å². The summed E-state index contributed by atoms with van der Waals surface area (Å²) in [6.45, 7) is 2.90. The number of nitriles is 1. The lowest BCUT2D eigenvalue weighted by atomic mass is 10.1. The van der Waals surface area contributed by atoms with Crippen molar-refractivity contribution in [1.29, 1.82) is 5.26 Å². The minimum Gasteiger partial charge on any atom is -0.490 e. The number of benzene rings is 1. The summed E-state index contributed by atoms with van der Waals surface area (Å²) in [5.74, 6) is 0.589. The van der Waals surface area contributed by atoms with Crippen LogP contribution in [-0.2, 0) is 11.2 Å². The van der Waals surface area contributed by atoms with E-state index in [4.69, 9.17) is 10.00 Å². The molecule has 0 aliphatic carbocycles. The van der Waals surface area contributed by atoms with E-state index in [-0.39, 0.29) is 24.0 Å². The molecule has 4 rings (SSSR count). The molecule has 1 aromatic carbocycles. The molecule has 0 saturated carbocycles. The number of carbonyl (C=O) groups is 1. The van der Waals surface area contributed by atoms with Crippen molar-refractivity contribution in [1.82, 2.24) is 19.5 Å². The normalized spacial score (nSPS) is 14.7. The second kappa shape index (κ2) is 7.80. The first-order valence-electron chi connectivity index (χ1n) is 9.55. The van der Waals surface area contributed by atoms with Gasteiger partial charge in [0.2, 0.25) is 5.91 Å². The molecule has 0 spiro atoms. The first-order chi connectivity index (χ1) is 14.0. The van der Waals surface area contributed by atoms with Gasteiger partial charge >= 0.3 is 0 Å². The molecule has 0 bridgehead atoms. The van der Waals surface area contributed by atoms with Gasteiger partial charge in [-0.15, -0.1) is 0 Å². The maximum absolute atomic E-state index is 12.8. The van der Waals surface area contributed by atoms with Crippen LogP contribution in [0.4, 0.5) is 0 Å². The molecule has 29 heavy (non-hydrogen) atoms. The van der Waals surface area contributed by atoms with Crippen LogP contribution in [0.2, 0.25) is 0 Å². The molecule has 148 valence electrons.